The number of nitrogens with zero attached hydrogens (tertiary/aromatic N) is 4. The first kappa shape index (κ1) is 26.8. The number of anilines is 1. The van der Waals surface area contributed by atoms with Gasteiger partial charge in [-0.1, -0.05) is 59.8 Å². The van der Waals surface area contributed by atoms with E-state index in [1.54, 1.807) is 42.5 Å². The Balaban J connectivity index is 1.33. The summed E-state index contributed by atoms with van der Waals surface area (Å²) in [5.41, 5.74) is 0.860. The molecule has 5 aromatic rings. The van der Waals surface area contributed by atoms with Crippen LogP contribution in [0.1, 0.15) is 22.9 Å². The van der Waals surface area contributed by atoms with Gasteiger partial charge in [-0.3, -0.25) is 4.79 Å². The van der Waals surface area contributed by atoms with Gasteiger partial charge in [0, 0.05) is 17.9 Å². The summed E-state index contributed by atoms with van der Waals surface area (Å²) in [4.78, 5) is 16.6. The molecule has 3 aromatic carbocycles. The zero-order chi connectivity index (χ0) is 28.3. The number of nitrogens with one attached hydrogen (secondary N) is 1. The highest BCUT2D eigenvalue weighted by molar-refractivity contribution is 5.94. The predicted molar refractivity (Wildman–Crippen MR) is 138 cm³/mol. The summed E-state index contributed by atoms with van der Waals surface area (Å²) < 4.78 is 47.9. The van der Waals surface area contributed by atoms with Crippen molar-refractivity contribution in [2.75, 3.05) is 11.9 Å². The van der Waals surface area contributed by atoms with Gasteiger partial charge in [0.2, 0.25) is 5.82 Å². The van der Waals surface area contributed by atoms with Gasteiger partial charge in [-0.2, -0.15) is 23.3 Å². The third-order valence-corrected chi connectivity index (χ3v) is 6.05. The van der Waals surface area contributed by atoms with E-state index in [1.165, 1.54) is 36.4 Å². The Morgan fingerprint density at radius 3 is 2.35 bits per heavy atom. The van der Waals surface area contributed by atoms with Crippen molar-refractivity contribution in [3.05, 3.63) is 102 Å². The van der Waals surface area contributed by atoms with Crippen LogP contribution in [0.2, 0.25) is 0 Å². The van der Waals surface area contributed by atoms with Crippen molar-refractivity contribution in [2.24, 2.45) is 0 Å². The van der Waals surface area contributed by atoms with Crippen molar-refractivity contribution in [3.63, 3.8) is 0 Å². The second kappa shape index (κ2) is 11.1. The number of hydrogen-bond acceptors (Lipinski definition) is 7. The van der Waals surface area contributed by atoms with E-state index < -0.39 is 23.9 Å². The number of benzene rings is 3. The lowest BCUT2D eigenvalue weighted by atomic mass is 10.1. The fraction of sp³-hybridized carbons (Fsp3) is 0.143. The Bertz CT molecular complexity index is 1600. The molecule has 2 heterocycles. The molecule has 0 spiro atoms. The first-order chi connectivity index (χ1) is 19.2. The van der Waals surface area contributed by atoms with Crippen LogP contribution in [-0.2, 0) is 17.4 Å². The first-order valence-electron chi connectivity index (χ1n) is 12.1. The zero-order valence-corrected chi connectivity index (χ0v) is 20.7. The summed E-state index contributed by atoms with van der Waals surface area (Å²) in [6.45, 7) is 0.0131. The van der Waals surface area contributed by atoms with Crippen molar-refractivity contribution in [2.45, 2.75) is 18.7 Å². The monoisotopic (exact) mass is 549 g/mol. The van der Waals surface area contributed by atoms with Gasteiger partial charge < -0.3 is 20.1 Å². The summed E-state index contributed by atoms with van der Waals surface area (Å²) in [5, 5.41) is 29.8. The number of aromatic nitrogens is 4. The van der Waals surface area contributed by atoms with Crippen LogP contribution in [0.3, 0.4) is 0 Å². The normalized spacial score (nSPS) is 12.3. The number of carbonyl (C=O) groups is 1. The van der Waals surface area contributed by atoms with Crippen molar-refractivity contribution in [3.8, 4) is 28.5 Å². The molecule has 1 atom stereocenters. The van der Waals surface area contributed by atoms with Crippen molar-refractivity contribution < 1.29 is 32.7 Å². The number of carbonyl (C=O) groups excluding carboxylic acids is 1. The summed E-state index contributed by atoms with van der Waals surface area (Å²) in [6, 6.07) is 20.7. The zero-order valence-electron chi connectivity index (χ0n) is 20.7. The Labute approximate surface area is 225 Å². The second-order valence-corrected chi connectivity index (χ2v) is 8.76. The largest absolute Gasteiger partial charge is 0.434 e. The molecule has 40 heavy (non-hydrogen) atoms. The van der Waals surface area contributed by atoms with E-state index in [2.05, 4.69) is 20.6 Å². The minimum absolute atomic E-state index is 0.0131. The molecule has 5 rings (SSSR count). The fourth-order valence-electron chi connectivity index (χ4n) is 4.05. The summed E-state index contributed by atoms with van der Waals surface area (Å²) in [7, 11) is 0. The van der Waals surface area contributed by atoms with Gasteiger partial charge in [-0.25, -0.2) is 4.68 Å². The molecule has 0 bridgehead atoms. The molecule has 1 unspecified atom stereocenters. The van der Waals surface area contributed by atoms with E-state index >= 15 is 0 Å². The van der Waals surface area contributed by atoms with Crippen LogP contribution < -0.4 is 5.32 Å². The van der Waals surface area contributed by atoms with Gasteiger partial charge in [0.05, 0.1) is 17.4 Å². The Hall–Kier alpha value is -4.81. The number of aliphatic hydroxyl groups is 2. The molecule has 204 valence electrons. The van der Waals surface area contributed by atoms with Crippen molar-refractivity contribution in [1.29, 1.82) is 0 Å². The van der Waals surface area contributed by atoms with Gasteiger partial charge in [0.15, 0.2) is 11.8 Å². The molecule has 2 aromatic heterocycles. The Kier molecular flexibility index (Phi) is 7.45. The molecule has 0 fully saturated rings. The van der Waals surface area contributed by atoms with E-state index in [0.717, 1.165) is 16.4 Å². The van der Waals surface area contributed by atoms with Crippen LogP contribution in [0.25, 0.3) is 28.5 Å². The van der Waals surface area contributed by atoms with Crippen molar-refractivity contribution in [1.82, 2.24) is 19.9 Å². The van der Waals surface area contributed by atoms with E-state index in [0.29, 0.717) is 17.7 Å². The van der Waals surface area contributed by atoms with Gasteiger partial charge in [-0.15, -0.1) is 0 Å². The van der Waals surface area contributed by atoms with Crippen LogP contribution in [0.5, 0.6) is 0 Å². The van der Waals surface area contributed by atoms with Gasteiger partial charge in [0.25, 0.3) is 11.8 Å². The highest BCUT2D eigenvalue weighted by Gasteiger charge is 2.40. The van der Waals surface area contributed by atoms with E-state index in [-0.39, 0.29) is 35.1 Å². The topological polar surface area (TPSA) is 126 Å². The quantitative estimate of drug-likeness (QED) is 0.253. The van der Waals surface area contributed by atoms with E-state index in [9.17, 15) is 23.1 Å². The average Bonchev–Trinajstić information content (AvgIpc) is 3.62. The molecule has 0 saturated heterocycles. The molecule has 1 amide bonds. The van der Waals surface area contributed by atoms with Gasteiger partial charge in [0.1, 0.15) is 0 Å². The van der Waals surface area contributed by atoms with Crippen LogP contribution in [0.15, 0.2) is 89.6 Å². The lowest BCUT2D eigenvalue weighted by molar-refractivity contribution is -0.142. The Morgan fingerprint density at radius 1 is 1.00 bits per heavy atom. The lowest BCUT2D eigenvalue weighted by Crippen LogP contribution is -2.20. The molecule has 0 radical (unpaired) electrons. The van der Waals surface area contributed by atoms with Crippen LogP contribution >= 0.6 is 0 Å². The number of alkyl halides is 3. The molecule has 12 heteroatoms. The smallest absolute Gasteiger partial charge is 0.396 e. The molecule has 3 N–H and O–H groups in total. The van der Waals surface area contributed by atoms with Gasteiger partial charge in [-0.05, 0) is 41.8 Å². The number of hydrogen-bond donors (Lipinski definition) is 3. The highest BCUT2D eigenvalue weighted by Crippen LogP contribution is 2.38. The number of halogens is 3. The lowest BCUT2D eigenvalue weighted by Gasteiger charge is -2.12. The van der Waals surface area contributed by atoms with Crippen LogP contribution in [0.4, 0.5) is 18.9 Å². The van der Waals surface area contributed by atoms with Gasteiger partial charge >= 0.3 is 6.18 Å². The molecular weight excluding hydrogens is 527 g/mol. The molecule has 9 nitrogen and oxygen atoms in total. The average molecular weight is 550 g/mol. The summed E-state index contributed by atoms with van der Waals surface area (Å²) in [5.74, 6) is -0.998. The minimum Gasteiger partial charge on any atom is -0.396 e. The van der Waals surface area contributed by atoms with E-state index in [4.69, 9.17) is 9.63 Å². The number of aliphatic hydroxyl groups excluding tert-OH is 2. The molecular formula is C28H22F3N5O4. The summed E-state index contributed by atoms with van der Waals surface area (Å²) in [6.07, 6.45) is -4.72. The third kappa shape index (κ3) is 5.63. The maximum Gasteiger partial charge on any atom is 0.434 e. The molecule has 0 aliphatic carbocycles. The second-order valence-electron chi connectivity index (χ2n) is 8.76. The van der Waals surface area contributed by atoms with Crippen LogP contribution in [-0.4, -0.2) is 42.6 Å². The summed E-state index contributed by atoms with van der Waals surface area (Å²) >= 11 is 0. The van der Waals surface area contributed by atoms with Crippen LogP contribution in [0, 0.1) is 0 Å². The molecule has 0 saturated carbocycles. The maximum atomic E-state index is 14.0. The molecule has 0 aliphatic rings. The number of amides is 1. The standard InChI is InChI=1S/C28H22F3N5O4/c29-28(30,31)24-22(16-32-36(24)21-4-2-1-3-5-21)27-34-25(35-40-27)19-10-8-18(9-11-19)23(38)26(39)33-20-12-6-17(7-13-20)14-15-37/h1-13,16,23,37-38H,14-15H2,(H,33,39). The molecule has 0 aliphatic heterocycles. The van der Waals surface area contributed by atoms with E-state index in [1.807, 2.05) is 0 Å². The SMILES string of the molecule is O=C(Nc1ccc(CCO)cc1)C(O)c1ccc(-c2noc(-c3cnn(-c4ccccc4)c3C(F)(F)F)n2)cc1. The minimum atomic E-state index is -4.75. The maximum absolute atomic E-state index is 14.0. The Morgan fingerprint density at radius 2 is 1.70 bits per heavy atom. The van der Waals surface area contributed by atoms with Crippen molar-refractivity contribution >= 4 is 11.6 Å². The first-order valence-corrected chi connectivity index (χ1v) is 12.1. The number of para-hydroxylation sites is 1. The number of rotatable bonds is 8. The fourth-order valence-corrected chi connectivity index (χ4v) is 4.05. The highest BCUT2D eigenvalue weighted by atomic mass is 19.4. The predicted octanol–water partition coefficient (Wildman–Crippen LogP) is 4.82. The third-order valence-electron chi connectivity index (χ3n) is 6.05.